The third-order valence-electron chi connectivity index (χ3n) is 3.93. The maximum Gasteiger partial charge on any atom is 0.225 e. The van der Waals surface area contributed by atoms with Crippen LogP contribution < -0.4 is 5.32 Å². The van der Waals surface area contributed by atoms with Crippen molar-refractivity contribution in [3.8, 4) is 5.82 Å². The van der Waals surface area contributed by atoms with Gasteiger partial charge in [0.1, 0.15) is 17.9 Å². The summed E-state index contributed by atoms with van der Waals surface area (Å²) in [5.41, 5.74) is 3.66. The minimum atomic E-state index is -0.127. The Balaban J connectivity index is 1.68. The van der Waals surface area contributed by atoms with Crippen molar-refractivity contribution in [2.45, 2.75) is 40.5 Å². The maximum atomic E-state index is 12.2. The number of hydrogen-bond acceptors (Lipinski definition) is 6. The lowest BCUT2D eigenvalue weighted by molar-refractivity contribution is -0.116. The summed E-state index contributed by atoms with van der Waals surface area (Å²) in [6, 6.07) is 3.66. The molecule has 1 N–H and O–H groups in total. The van der Waals surface area contributed by atoms with E-state index in [0.717, 1.165) is 28.4 Å². The van der Waals surface area contributed by atoms with E-state index in [4.69, 9.17) is 4.52 Å². The molecule has 3 rings (SSSR count). The van der Waals surface area contributed by atoms with Gasteiger partial charge < -0.3 is 9.84 Å². The number of carbonyl (C=O) groups excluding carboxylic acids is 1. The first-order valence-corrected chi connectivity index (χ1v) is 8.01. The summed E-state index contributed by atoms with van der Waals surface area (Å²) in [4.78, 5) is 20.5. The quantitative estimate of drug-likeness (QED) is 0.766. The van der Waals surface area contributed by atoms with E-state index in [-0.39, 0.29) is 5.91 Å². The lowest BCUT2D eigenvalue weighted by atomic mass is 10.1. The highest BCUT2D eigenvalue weighted by atomic mass is 16.5. The normalized spacial score (nSPS) is 10.9. The Morgan fingerprint density at radius 1 is 1.20 bits per heavy atom. The fourth-order valence-corrected chi connectivity index (χ4v) is 2.69. The lowest BCUT2D eigenvalue weighted by Gasteiger charge is -2.07. The van der Waals surface area contributed by atoms with Crippen molar-refractivity contribution in [1.29, 1.82) is 0 Å². The van der Waals surface area contributed by atoms with Crippen molar-refractivity contribution in [3.05, 3.63) is 46.9 Å². The summed E-state index contributed by atoms with van der Waals surface area (Å²) in [6.07, 6.45) is 2.31. The largest absolute Gasteiger partial charge is 0.361 e. The van der Waals surface area contributed by atoms with E-state index in [1.807, 2.05) is 33.8 Å². The molecule has 0 saturated heterocycles. The van der Waals surface area contributed by atoms with Crippen molar-refractivity contribution < 1.29 is 9.32 Å². The number of aromatic nitrogens is 5. The van der Waals surface area contributed by atoms with E-state index in [0.29, 0.717) is 24.5 Å². The molecule has 3 heterocycles. The van der Waals surface area contributed by atoms with Crippen molar-refractivity contribution in [2.24, 2.45) is 0 Å². The molecular formula is C17H20N6O2. The van der Waals surface area contributed by atoms with E-state index in [1.54, 1.807) is 10.7 Å². The fourth-order valence-electron chi connectivity index (χ4n) is 2.69. The number of rotatable bonds is 5. The molecule has 0 atom stereocenters. The zero-order chi connectivity index (χ0) is 18.0. The second-order valence-electron chi connectivity index (χ2n) is 5.95. The van der Waals surface area contributed by atoms with Crippen LogP contribution in [0.5, 0.6) is 0 Å². The Morgan fingerprint density at radius 3 is 2.64 bits per heavy atom. The molecule has 130 valence electrons. The number of hydrogen-bond donors (Lipinski definition) is 1. The van der Waals surface area contributed by atoms with Gasteiger partial charge in [0.25, 0.3) is 0 Å². The van der Waals surface area contributed by atoms with Gasteiger partial charge in [0, 0.05) is 23.7 Å². The summed E-state index contributed by atoms with van der Waals surface area (Å²) in [6.45, 7) is 7.58. The maximum absolute atomic E-state index is 12.2. The number of nitrogens with one attached hydrogen (secondary N) is 1. The van der Waals surface area contributed by atoms with Crippen LogP contribution in [0, 0.1) is 27.7 Å². The Hall–Kier alpha value is -3.03. The van der Waals surface area contributed by atoms with Crippen LogP contribution in [-0.4, -0.2) is 30.8 Å². The molecule has 0 aromatic carbocycles. The van der Waals surface area contributed by atoms with Gasteiger partial charge in [-0.1, -0.05) is 5.16 Å². The van der Waals surface area contributed by atoms with Gasteiger partial charge in [0.2, 0.25) is 5.91 Å². The Morgan fingerprint density at radius 2 is 2.00 bits per heavy atom. The molecule has 0 bridgehead atoms. The van der Waals surface area contributed by atoms with Crippen LogP contribution in [0.3, 0.4) is 0 Å². The minimum Gasteiger partial charge on any atom is -0.361 e. The van der Waals surface area contributed by atoms with Gasteiger partial charge in [0.15, 0.2) is 5.82 Å². The topological polar surface area (TPSA) is 98.7 Å². The first kappa shape index (κ1) is 16.8. The molecule has 0 aliphatic rings. The van der Waals surface area contributed by atoms with Crippen molar-refractivity contribution >= 4 is 11.7 Å². The third kappa shape index (κ3) is 3.73. The smallest absolute Gasteiger partial charge is 0.225 e. The minimum absolute atomic E-state index is 0.127. The predicted molar refractivity (Wildman–Crippen MR) is 91.6 cm³/mol. The number of nitrogens with zero attached hydrogens (tertiary/aromatic N) is 5. The molecule has 0 fully saturated rings. The van der Waals surface area contributed by atoms with Crippen LogP contribution in [0.4, 0.5) is 5.82 Å². The van der Waals surface area contributed by atoms with Crippen LogP contribution >= 0.6 is 0 Å². The summed E-state index contributed by atoms with van der Waals surface area (Å²) in [5, 5.41) is 11.1. The molecule has 0 spiro atoms. The SMILES string of the molecule is Cc1cc(C)n(-c2cc(NC(=O)CCc3c(C)noc3C)ncn2)n1. The second kappa shape index (κ2) is 6.84. The van der Waals surface area contributed by atoms with Gasteiger partial charge in [-0.25, -0.2) is 14.6 Å². The third-order valence-corrected chi connectivity index (χ3v) is 3.93. The van der Waals surface area contributed by atoms with Gasteiger partial charge in [0.05, 0.1) is 11.4 Å². The lowest BCUT2D eigenvalue weighted by Crippen LogP contribution is -2.14. The zero-order valence-electron chi connectivity index (χ0n) is 14.7. The number of anilines is 1. The molecule has 3 aromatic rings. The number of carbonyl (C=O) groups is 1. The van der Waals surface area contributed by atoms with E-state index in [9.17, 15) is 4.79 Å². The highest BCUT2D eigenvalue weighted by Crippen LogP contribution is 2.16. The average molecular weight is 340 g/mol. The van der Waals surface area contributed by atoms with E-state index < -0.39 is 0 Å². The Kier molecular flexibility index (Phi) is 4.60. The molecule has 0 radical (unpaired) electrons. The molecule has 0 saturated carbocycles. The fraction of sp³-hybridized carbons (Fsp3) is 0.353. The van der Waals surface area contributed by atoms with E-state index in [1.165, 1.54) is 6.33 Å². The van der Waals surface area contributed by atoms with E-state index in [2.05, 4.69) is 25.5 Å². The number of amides is 1. The van der Waals surface area contributed by atoms with Gasteiger partial charge in [-0.3, -0.25) is 4.79 Å². The summed E-state index contributed by atoms with van der Waals surface area (Å²) >= 11 is 0. The monoisotopic (exact) mass is 340 g/mol. The molecule has 8 nitrogen and oxygen atoms in total. The van der Waals surface area contributed by atoms with Gasteiger partial charge in [-0.2, -0.15) is 5.10 Å². The van der Waals surface area contributed by atoms with Crippen LogP contribution in [0.15, 0.2) is 23.0 Å². The van der Waals surface area contributed by atoms with Crippen molar-refractivity contribution in [3.63, 3.8) is 0 Å². The average Bonchev–Trinajstić information content (AvgIpc) is 3.07. The molecule has 25 heavy (non-hydrogen) atoms. The summed E-state index contributed by atoms with van der Waals surface area (Å²) in [5.74, 6) is 1.68. The molecule has 3 aromatic heterocycles. The number of aryl methyl sites for hydroxylation is 4. The molecular weight excluding hydrogens is 320 g/mol. The summed E-state index contributed by atoms with van der Waals surface area (Å²) < 4.78 is 6.83. The van der Waals surface area contributed by atoms with Crippen LogP contribution in [0.1, 0.15) is 34.8 Å². The predicted octanol–water partition coefficient (Wildman–Crippen LogP) is 2.46. The molecule has 0 aliphatic carbocycles. The van der Waals surface area contributed by atoms with E-state index >= 15 is 0 Å². The zero-order valence-corrected chi connectivity index (χ0v) is 14.7. The second-order valence-corrected chi connectivity index (χ2v) is 5.95. The highest BCUT2D eigenvalue weighted by molar-refractivity contribution is 5.90. The molecule has 8 heteroatoms. The van der Waals surface area contributed by atoms with Gasteiger partial charge in [-0.05, 0) is 40.2 Å². The van der Waals surface area contributed by atoms with Crippen molar-refractivity contribution in [1.82, 2.24) is 24.9 Å². The molecule has 1 amide bonds. The molecule has 0 aliphatic heterocycles. The first-order valence-electron chi connectivity index (χ1n) is 8.01. The Bertz CT molecular complexity index is 892. The van der Waals surface area contributed by atoms with Gasteiger partial charge in [-0.15, -0.1) is 0 Å². The van der Waals surface area contributed by atoms with Crippen molar-refractivity contribution in [2.75, 3.05) is 5.32 Å². The van der Waals surface area contributed by atoms with Crippen LogP contribution in [-0.2, 0) is 11.2 Å². The first-order chi connectivity index (χ1) is 11.9. The van der Waals surface area contributed by atoms with Gasteiger partial charge >= 0.3 is 0 Å². The standard InChI is InChI=1S/C17H20N6O2/c1-10-7-11(2)23(21-10)16-8-15(18-9-19-16)20-17(24)6-5-14-12(3)22-25-13(14)4/h7-9H,5-6H2,1-4H3,(H,18,19,20,24). The highest BCUT2D eigenvalue weighted by Gasteiger charge is 2.12. The van der Waals surface area contributed by atoms with Crippen LogP contribution in [0.25, 0.3) is 5.82 Å². The summed E-state index contributed by atoms with van der Waals surface area (Å²) in [7, 11) is 0. The van der Waals surface area contributed by atoms with Crippen LogP contribution in [0.2, 0.25) is 0 Å². The molecule has 0 unspecified atom stereocenters. The Labute approximate surface area is 145 Å².